The molecule has 1 heterocycles. The summed E-state index contributed by atoms with van der Waals surface area (Å²) >= 11 is 0. The van der Waals surface area contributed by atoms with Crippen LogP contribution in [0.4, 0.5) is 5.82 Å². The lowest BCUT2D eigenvalue weighted by Gasteiger charge is -2.10. The van der Waals surface area contributed by atoms with E-state index in [4.69, 9.17) is 0 Å². The Morgan fingerprint density at radius 2 is 2.12 bits per heavy atom. The minimum atomic E-state index is -0.187. The van der Waals surface area contributed by atoms with Gasteiger partial charge in [0.25, 0.3) is 5.91 Å². The van der Waals surface area contributed by atoms with Crippen LogP contribution in [0.2, 0.25) is 0 Å². The Balaban J connectivity index is 2.53. The topological polar surface area (TPSA) is 66.9 Å². The maximum atomic E-state index is 11.4. The van der Waals surface area contributed by atoms with Crippen molar-refractivity contribution in [2.75, 3.05) is 18.4 Å². The van der Waals surface area contributed by atoms with Crippen molar-refractivity contribution in [1.82, 2.24) is 15.5 Å². The molecule has 0 aromatic carbocycles. The highest BCUT2D eigenvalue weighted by molar-refractivity contribution is 5.92. The summed E-state index contributed by atoms with van der Waals surface area (Å²) in [5.41, 5.74) is 0.348. The summed E-state index contributed by atoms with van der Waals surface area (Å²) in [6.07, 6.45) is 1.12. The van der Waals surface area contributed by atoms with Crippen LogP contribution in [0.25, 0.3) is 0 Å². The molecule has 0 bridgehead atoms. The zero-order chi connectivity index (χ0) is 12.7. The average Bonchev–Trinajstić information content (AvgIpc) is 2.36. The maximum absolute atomic E-state index is 11.4. The van der Waals surface area contributed by atoms with Gasteiger partial charge >= 0.3 is 0 Å². The van der Waals surface area contributed by atoms with Gasteiger partial charge in [0.05, 0.1) is 0 Å². The van der Waals surface area contributed by atoms with Crippen molar-refractivity contribution < 1.29 is 4.79 Å². The Labute approximate surface area is 102 Å². The zero-order valence-electron chi connectivity index (χ0n) is 10.7. The molecule has 1 atom stereocenters. The molecule has 1 unspecified atom stereocenters. The third kappa shape index (κ3) is 4.38. The first kappa shape index (κ1) is 13.4. The van der Waals surface area contributed by atoms with Crippen LogP contribution in [0.3, 0.4) is 0 Å². The number of carbonyl (C=O) groups excluding carboxylic acids is 1. The highest BCUT2D eigenvalue weighted by Gasteiger charge is 2.06. The van der Waals surface area contributed by atoms with Gasteiger partial charge in [0, 0.05) is 13.1 Å². The lowest BCUT2D eigenvalue weighted by molar-refractivity contribution is 0.0950. The van der Waals surface area contributed by atoms with Crippen molar-refractivity contribution in [3.8, 4) is 0 Å². The first-order chi connectivity index (χ1) is 8.17. The van der Waals surface area contributed by atoms with E-state index in [2.05, 4.69) is 34.7 Å². The summed E-state index contributed by atoms with van der Waals surface area (Å²) in [5, 5.41) is 13.7. The molecule has 1 rings (SSSR count). The molecule has 0 aliphatic carbocycles. The van der Waals surface area contributed by atoms with Gasteiger partial charge in [-0.25, -0.2) is 0 Å². The lowest BCUT2D eigenvalue weighted by atomic mass is 10.1. The molecule has 94 valence electrons. The first-order valence-corrected chi connectivity index (χ1v) is 6.03. The largest absolute Gasteiger partial charge is 0.368 e. The second kappa shape index (κ2) is 6.83. The number of anilines is 1. The van der Waals surface area contributed by atoms with E-state index in [1.54, 1.807) is 12.1 Å². The summed E-state index contributed by atoms with van der Waals surface area (Å²) in [5.74, 6) is 1.12. The van der Waals surface area contributed by atoms with E-state index in [1.807, 2.05) is 6.92 Å². The van der Waals surface area contributed by atoms with E-state index in [0.717, 1.165) is 13.0 Å². The smallest absolute Gasteiger partial charge is 0.271 e. The number of hydrogen-bond acceptors (Lipinski definition) is 4. The van der Waals surface area contributed by atoms with Crippen molar-refractivity contribution in [1.29, 1.82) is 0 Å². The van der Waals surface area contributed by atoms with Crippen LogP contribution in [-0.4, -0.2) is 29.2 Å². The van der Waals surface area contributed by atoms with E-state index in [9.17, 15) is 4.79 Å². The molecule has 0 saturated carbocycles. The number of aromatic nitrogens is 2. The van der Waals surface area contributed by atoms with Crippen molar-refractivity contribution >= 4 is 11.7 Å². The van der Waals surface area contributed by atoms with Crippen LogP contribution >= 0.6 is 0 Å². The third-order valence-electron chi connectivity index (χ3n) is 2.56. The second-order valence-electron chi connectivity index (χ2n) is 4.06. The predicted molar refractivity (Wildman–Crippen MR) is 68.0 cm³/mol. The molecule has 1 amide bonds. The molecule has 2 N–H and O–H groups in total. The fourth-order valence-corrected chi connectivity index (χ4v) is 1.22. The van der Waals surface area contributed by atoms with Crippen molar-refractivity contribution in [3.05, 3.63) is 17.8 Å². The Bertz CT molecular complexity index is 350. The molecule has 5 heteroatoms. The minimum absolute atomic E-state index is 0.187. The minimum Gasteiger partial charge on any atom is -0.368 e. The predicted octanol–water partition coefficient (Wildman–Crippen LogP) is 1.68. The van der Waals surface area contributed by atoms with Crippen LogP contribution in [-0.2, 0) is 0 Å². The monoisotopic (exact) mass is 236 g/mol. The molecule has 0 saturated heterocycles. The fraction of sp³-hybridized carbons (Fsp3) is 0.583. The van der Waals surface area contributed by atoms with Gasteiger partial charge in [-0.05, 0) is 25.0 Å². The van der Waals surface area contributed by atoms with Gasteiger partial charge in [0.15, 0.2) is 5.69 Å². The van der Waals surface area contributed by atoms with Crippen LogP contribution in [0.5, 0.6) is 0 Å². The van der Waals surface area contributed by atoms with Crippen LogP contribution in [0, 0.1) is 5.92 Å². The van der Waals surface area contributed by atoms with Gasteiger partial charge in [-0.3, -0.25) is 4.79 Å². The Morgan fingerprint density at radius 3 is 2.65 bits per heavy atom. The zero-order valence-corrected chi connectivity index (χ0v) is 10.7. The van der Waals surface area contributed by atoms with Crippen molar-refractivity contribution in [2.45, 2.75) is 27.2 Å². The quantitative estimate of drug-likeness (QED) is 0.788. The number of nitrogens with zero attached hydrogens (tertiary/aromatic N) is 2. The summed E-state index contributed by atoms with van der Waals surface area (Å²) in [6.45, 7) is 7.65. The first-order valence-electron chi connectivity index (χ1n) is 6.03. The molecule has 5 nitrogen and oxygen atoms in total. The fourth-order valence-electron chi connectivity index (χ4n) is 1.22. The lowest BCUT2D eigenvalue weighted by Crippen LogP contribution is -2.24. The number of nitrogens with one attached hydrogen (secondary N) is 2. The van der Waals surface area contributed by atoms with Gasteiger partial charge in [0.1, 0.15) is 5.82 Å². The molecule has 0 radical (unpaired) electrons. The third-order valence-corrected chi connectivity index (χ3v) is 2.56. The summed E-state index contributed by atoms with van der Waals surface area (Å²) in [6, 6.07) is 3.46. The van der Waals surface area contributed by atoms with E-state index in [-0.39, 0.29) is 5.91 Å². The van der Waals surface area contributed by atoms with E-state index in [1.165, 1.54) is 0 Å². The number of carbonyl (C=O) groups is 1. The Kier molecular flexibility index (Phi) is 5.39. The Morgan fingerprint density at radius 1 is 1.35 bits per heavy atom. The molecule has 17 heavy (non-hydrogen) atoms. The second-order valence-corrected chi connectivity index (χ2v) is 4.06. The van der Waals surface area contributed by atoms with Crippen LogP contribution < -0.4 is 10.6 Å². The molecule has 0 fully saturated rings. The highest BCUT2D eigenvalue weighted by atomic mass is 16.1. The van der Waals surface area contributed by atoms with E-state index in [0.29, 0.717) is 24.0 Å². The van der Waals surface area contributed by atoms with Crippen molar-refractivity contribution in [3.63, 3.8) is 0 Å². The highest BCUT2D eigenvalue weighted by Crippen LogP contribution is 2.05. The number of amides is 1. The van der Waals surface area contributed by atoms with Crippen LogP contribution in [0.15, 0.2) is 12.1 Å². The molecule has 1 aromatic heterocycles. The summed E-state index contributed by atoms with van der Waals surface area (Å²) in [4.78, 5) is 11.4. The van der Waals surface area contributed by atoms with Gasteiger partial charge in [-0.15, -0.1) is 10.2 Å². The standard InChI is InChI=1S/C12H20N4O/c1-4-9(3)8-14-11-7-6-10(15-16-11)12(17)13-5-2/h6-7,9H,4-5,8H2,1-3H3,(H,13,17)(H,14,16). The van der Waals surface area contributed by atoms with Gasteiger partial charge in [-0.1, -0.05) is 20.3 Å². The molecular formula is C12H20N4O. The average molecular weight is 236 g/mol. The molecule has 1 aromatic rings. The molecular weight excluding hydrogens is 216 g/mol. The SMILES string of the molecule is CCNC(=O)c1ccc(NCC(C)CC)nn1. The number of hydrogen-bond donors (Lipinski definition) is 2. The number of rotatable bonds is 6. The van der Waals surface area contributed by atoms with E-state index >= 15 is 0 Å². The molecule has 0 spiro atoms. The van der Waals surface area contributed by atoms with Gasteiger partial charge < -0.3 is 10.6 Å². The summed E-state index contributed by atoms with van der Waals surface area (Å²) < 4.78 is 0. The molecule has 0 aliphatic heterocycles. The maximum Gasteiger partial charge on any atom is 0.271 e. The Hall–Kier alpha value is -1.65. The normalized spacial score (nSPS) is 11.9. The van der Waals surface area contributed by atoms with Gasteiger partial charge in [-0.2, -0.15) is 0 Å². The van der Waals surface area contributed by atoms with Gasteiger partial charge in [0.2, 0.25) is 0 Å². The van der Waals surface area contributed by atoms with Crippen LogP contribution in [0.1, 0.15) is 37.7 Å². The molecule has 0 aliphatic rings. The van der Waals surface area contributed by atoms with Crippen molar-refractivity contribution in [2.24, 2.45) is 5.92 Å². The summed E-state index contributed by atoms with van der Waals surface area (Å²) in [7, 11) is 0. The van der Waals surface area contributed by atoms with E-state index < -0.39 is 0 Å².